The summed E-state index contributed by atoms with van der Waals surface area (Å²) in [4.78, 5) is 10.7. The molecule has 118 valence electrons. The van der Waals surface area contributed by atoms with Crippen LogP contribution in [0.25, 0.3) is 11.3 Å². The smallest absolute Gasteiger partial charge is 0.374 e. The predicted octanol–water partition coefficient (Wildman–Crippen LogP) is 1.46. The molecule has 0 amide bonds. The van der Waals surface area contributed by atoms with Gasteiger partial charge in [-0.3, -0.25) is 0 Å². The zero-order valence-electron chi connectivity index (χ0n) is 12.0. The normalized spacial score (nSPS) is 11.2. The molecule has 0 saturated carbocycles. The summed E-state index contributed by atoms with van der Waals surface area (Å²) in [5.41, 5.74) is 0.106. The van der Waals surface area contributed by atoms with Crippen molar-refractivity contribution in [3.63, 3.8) is 0 Å². The maximum absolute atomic E-state index is 12.1. The predicted molar refractivity (Wildman–Crippen MR) is 75.1 cm³/mol. The Labute approximate surface area is 126 Å². The number of methoxy groups -OCH3 is 2. The van der Waals surface area contributed by atoms with E-state index in [9.17, 15) is 13.2 Å². The minimum absolute atomic E-state index is 0.0218. The molecule has 0 atom stereocenters. The first-order chi connectivity index (χ1) is 10.3. The van der Waals surface area contributed by atoms with E-state index >= 15 is 0 Å². The molecule has 0 spiro atoms. The van der Waals surface area contributed by atoms with Crippen molar-refractivity contribution in [2.24, 2.45) is 0 Å². The molecule has 8 nitrogen and oxygen atoms in total. The molecule has 0 unspecified atom stereocenters. The lowest BCUT2D eigenvalue weighted by Crippen LogP contribution is -2.05. The Morgan fingerprint density at radius 1 is 1.23 bits per heavy atom. The maximum atomic E-state index is 12.1. The van der Waals surface area contributed by atoms with Crippen molar-refractivity contribution in [3.8, 4) is 22.8 Å². The molecule has 1 aromatic heterocycles. The second kappa shape index (κ2) is 5.68. The summed E-state index contributed by atoms with van der Waals surface area (Å²) in [7, 11) is -1.02. The Kier molecular flexibility index (Phi) is 4.09. The van der Waals surface area contributed by atoms with E-state index in [4.69, 9.17) is 14.6 Å². The molecule has 0 radical (unpaired) electrons. The van der Waals surface area contributed by atoms with E-state index in [0.29, 0.717) is 0 Å². The van der Waals surface area contributed by atoms with Crippen LogP contribution in [0.5, 0.6) is 11.5 Å². The third kappa shape index (κ3) is 2.75. The molecule has 22 heavy (non-hydrogen) atoms. The first-order valence-electron chi connectivity index (χ1n) is 5.95. The largest absolute Gasteiger partial charge is 0.496 e. The molecular formula is C13H13NO7S. The third-order valence-electron chi connectivity index (χ3n) is 2.87. The fraction of sp³-hybridized carbons (Fsp3) is 0.231. The molecule has 9 heteroatoms. The zero-order valence-corrected chi connectivity index (χ0v) is 12.8. The van der Waals surface area contributed by atoms with Gasteiger partial charge in [0.1, 0.15) is 22.1 Å². The molecule has 0 fully saturated rings. The summed E-state index contributed by atoms with van der Waals surface area (Å²) in [6.07, 6.45) is 1.01. The lowest BCUT2D eigenvalue weighted by atomic mass is 10.1. The molecule has 0 aliphatic heterocycles. The van der Waals surface area contributed by atoms with E-state index < -0.39 is 21.6 Å². The molecule has 0 bridgehead atoms. The average Bonchev–Trinajstić information content (AvgIpc) is 2.94. The fourth-order valence-corrected chi connectivity index (χ4v) is 3.07. The van der Waals surface area contributed by atoms with Gasteiger partial charge < -0.3 is 19.1 Å². The molecule has 1 aromatic carbocycles. The van der Waals surface area contributed by atoms with Crippen molar-refractivity contribution >= 4 is 15.8 Å². The minimum atomic E-state index is -3.70. The monoisotopic (exact) mass is 327 g/mol. The van der Waals surface area contributed by atoms with Crippen LogP contribution < -0.4 is 9.47 Å². The second-order valence-corrected chi connectivity index (χ2v) is 6.28. The van der Waals surface area contributed by atoms with Crippen LogP contribution in [0.1, 0.15) is 10.6 Å². The van der Waals surface area contributed by atoms with Crippen molar-refractivity contribution in [2.45, 2.75) is 4.90 Å². The van der Waals surface area contributed by atoms with Gasteiger partial charge in [-0.1, -0.05) is 5.16 Å². The number of hydrogen-bond donors (Lipinski definition) is 1. The number of carbonyl (C=O) groups is 1. The van der Waals surface area contributed by atoms with E-state index in [1.807, 2.05) is 0 Å². The molecule has 2 rings (SSSR count). The Hall–Kier alpha value is -2.55. The number of benzene rings is 1. The first kappa shape index (κ1) is 15.8. The van der Waals surface area contributed by atoms with E-state index in [1.54, 1.807) is 0 Å². The van der Waals surface area contributed by atoms with Gasteiger partial charge in [0.05, 0.1) is 19.8 Å². The van der Waals surface area contributed by atoms with Crippen molar-refractivity contribution in [3.05, 3.63) is 24.0 Å². The van der Waals surface area contributed by atoms with Gasteiger partial charge in [-0.05, 0) is 12.1 Å². The van der Waals surface area contributed by atoms with Gasteiger partial charge in [0.25, 0.3) is 0 Å². The highest BCUT2D eigenvalue weighted by Crippen LogP contribution is 2.41. The minimum Gasteiger partial charge on any atom is -0.496 e. The average molecular weight is 327 g/mol. The Morgan fingerprint density at radius 2 is 1.82 bits per heavy atom. The Morgan fingerprint density at radius 3 is 2.27 bits per heavy atom. The Balaban J connectivity index is 2.84. The molecule has 0 aliphatic rings. The number of rotatable bonds is 5. The van der Waals surface area contributed by atoms with Crippen LogP contribution in [0.4, 0.5) is 0 Å². The highest BCUT2D eigenvalue weighted by atomic mass is 32.2. The quantitative estimate of drug-likeness (QED) is 0.877. The van der Waals surface area contributed by atoms with Crippen molar-refractivity contribution in [1.29, 1.82) is 0 Å². The van der Waals surface area contributed by atoms with Gasteiger partial charge in [-0.15, -0.1) is 0 Å². The second-order valence-electron chi connectivity index (χ2n) is 4.33. The summed E-state index contributed by atoms with van der Waals surface area (Å²) < 4.78 is 39.1. The number of ether oxygens (including phenoxy) is 2. The van der Waals surface area contributed by atoms with Crippen LogP contribution in [-0.4, -0.2) is 45.1 Å². The summed E-state index contributed by atoms with van der Waals surface area (Å²) in [6, 6.07) is 4.06. The van der Waals surface area contributed by atoms with Gasteiger partial charge >= 0.3 is 5.97 Å². The summed E-state index contributed by atoms with van der Waals surface area (Å²) in [5.74, 6) is -1.44. The number of nitrogens with zero attached hydrogens (tertiary/aromatic N) is 1. The Bertz CT molecular complexity index is 823. The zero-order chi connectivity index (χ0) is 16.5. The van der Waals surface area contributed by atoms with Crippen LogP contribution in [0.2, 0.25) is 0 Å². The van der Waals surface area contributed by atoms with Crippen molar-refractivity contribution < 1.29 is 32.3 Å². The van der Waals surface area contributed by atoms with Gasteiger partial charge in [0.15, 0.2) is 9.84 Å². The number of carboxylic acids is 1. The van der Waals surface area contributed by atoms with Crippen LogP contribution in [-0.2, 0) is 9.84 Å². The number of sulfone groups is 1. The van der Waals surface area contributed by atoms with E-state index in [0.717, 1.165) is 12.3 Å². The van der Waals surface area contributed by atoms with Gasteiger partial charge in [0, 0.05) is 12.3 Å². The van der Waals surface area contributed by atoms with E-state index in [2.05, 4.69) is 9.68 Å². The van der Waals surface area contributed by atoms with E-state index in [1.165, 1.54) is 26.4 Å². The lowest BCUT2D eigenvalue weighted by Gasteiger charge is -2.14. The molecule has 2 aromatic rings. The maximum Gasteiger partial charge on any atom is 0.374 e. The SMILES string of the molecule is COc1ccc(OC)c(S(C)(=O)=O)c1-c1cc(C(=O)O)on1. The van der Waals surface area contributed by atoms with Crippen molar-refractivity contribution in [1.82, 2.24) is 5.16 Å². The van der Waals surface area contributed by atoms with Crippen LogP contribution >= 0.6 is 0 Å². The third-order valence-corrected chi connectivity index (χ3v) is 4.02. The van der Waals surface area contributed by atoms with Gasteiger partial charge in [-0.25, -0.2) is 13.2 Å². The summed E-state index contributed by atoms with van der Waals surface area (Å²) in [6.45, 7) is 0. The number of hydrogen-bond acceptors (Lipinski definition) is 7. The first-order valence-corrected chi connectivity index (χ1v) is 7.84. The standard InChI is InChI=1S/C13H13NO7S/c1-19-8-4-5-9(20-2)12(22(3,17)18)11(8)7-6-10(13(15)16)21-14-7/h4-6H,1-3H3,(H,15,16). The molecule has 0 aliphatic carbocycles. The van der Waals surface area contributed by atoms with Crippen molar-refractivity contribution in [2.75, 3.05) is 20.5 Å². The highest BCUT2D eigenvalue weighted by Gasteiger charge is 2.27. The van der Waals surface area contributed by atoms with Gasteiger partial charge in [-0.2, -0.15) is 0 Å². The number of carboxylic acid groups (broad SMARTS) is 1. The molecule has 0 saturated heterocycles. The van der Waals surface area contributed by atoms with Crippen LogP contribution in [0.15, 0.2) is 27.6 Å². The van der Waals surface area contributed by atoms with Crippen LogP contribution in [0.3, 0.4) is 0 Å². The molecule has 1 N–H and O–H groups in total. The summed E-state index contributed by atoms with van der Waals surface area (Å²) in [5, 5.41) is 12.5. The molecule has 1 heterocycles. The fourth-order valence-electron chi connectivity index (χ4n) is 1.98. The highest BCUT2D eigenvalue weighted by molar-refractivity contribution is 7.91. The van der Waals surface area contributed by atoms with Crippen LogP contribution in [0, 0.1) is 0 Å². The number of aromatic carboxylic acids is 1. The van der Waals surface area contributed by atoms with E-state index in [-0.39, 0.29) is 27.7 Å². The topological polar surface area (TPSA) is 116 Å². The molecular weight excluding hydrogens is 314 g/mol. The summed E-state index contributed by atoms with van der Waals surface area (Å²) >= 11 is 0. The number of aromatic nitrogens is 1. The lowest BCUT2D eigenvalue weighted by molar-refractivity contribution is 0.0652. The van der Waals surface area contributed by atoms with Gasteiger partial charge in [0.2, 0.25) is 5.76 Å².